The van der Waals surface area contributed by atoms with E-state index in [9.17, 15) is 18.0 Å². The van der Waals surface area contributed by atoms with Crippen LogP contribution in [0.25, 0.3) is 0 Å². The van der Waals surface area contributed by atoms with Crippen molar-refractivity contribution in [3.8, 4) is 11.5 Å². The first-order valence-corrected chi connectivity index (χ1v) is 6.40. The molecule has 1 amide bonds. The average molecular weight is 329 g/mol. The smallest absolute Gasteiger partial charge is 0.435 e. The Morgan fingerprint density at radius 1 is 1.26 bits per heavy atom. The third-order valence-electron chi connectivity index (χ3n) is 3.00. The van der Waals surface area contributed by atoms with Gasteiger partial charge in [0, 0.05) is 19.3 Å². The molecular weight excluding hydrogens is 315 g/mol. The fourth-order valence-corrected chi connectivity index (χ4v) is 1.97. The van der Waals surface area contributed by atoms with Crippen LogP contribution in [0.15, 0.2) is 24.4 Å². The van der Waals surface area contributed by atoms with Gasteiger partial charge in [0.25, 0.3) is 5.91 Å². The summed E-state index contributed by atoms with van der Waals surface area (Å²) in [5.74, 6) is -0.239. The Morgan fingerprint density at radius 3 is 2.52 bits per heavy atom. The summed E-state index contributed by atoms with van der Waals surface area (Å²) in [6, 6.07) is 4.57. The standard InChI is InChI=1S/C14H14F3N3O3/c1-20-7-9(12(19-20)14(15,16)17)13(21)18-10-6-8(22-2)4-5-11(10)23-3/h4-7H,1-3H3,(H,18,21). The molecular formula is C14H14F3N3O3. The summed E-state index contributed by atoms with van der Waals surface area (Å²) in [4.78, 5) is 12.2. The number of aromatic nitrogens is 2. The highest BCUT2D eigenvalue weighted by molar-refractivity contribution is 6.05. The molecule has 9 heteroatoms. The third-order valence-corrected chi connectivity index (χ3v) is 3.00. The topological polar surface area (TPSA) is 65.4 Å². The lowest BCUT2D eigenvalue weighted by Gasteiger charge is -2.12. The fraction of sp³-hybridized carbons (Fsp3) is 0.286. The van der Waals surface area contributed by atoms with Crippen LogP contribution >= 0.6 is 0 Å². The second kappa shape index (κ2) is 6.19. The lowest BCUT2D eigenvalue weighted by Crippen LogP contribution is -2.18. The molecule has 0 aliphatic rings. The Hall–Kier alpha value is -2.71. The minimum absolute atomic E-state index is 0.189. The van der Waals surface area contributed by atoms with Gasteiger partial charge in [0.15, 0.2) is 5.69 Å². The highest BCUT2D eigenvalue weighted by atomic mass is 19.4. The average Bonchev–Trinajstić information content (AvgIpc) is 2.89. The van der Waals surface area contributed by atoms with Crippen molar-refractivity contribution in [2.45, 2.75) is 6.18 Å². The minimum atomic E-state index is -4.73. The molecule has 2 aromatic rings. The van der Waals surface area contributed by atoms with Crippen LogP contribution in [0.2, 0.25) is 0 Å². The van der Waals surface area contributed by atoms with Crippen LogP contribution in [0, 0.1) is 0 Å². The Bertz CT molecular complexity index is 726. The van der Waals surface area contributed by atoms with Gasteiger partial charge in [0.05, 0.1) is 25.5 Å². The Labute approximate surface area is 129 Å². The Balaban J connectivity index is 2.37. The van der Waals surface area contributed by atoms with Gasteiger partial charge in [-0.2, -0.15) is 18.3 Å². The van der Waals surface area contributed by atoms with Crippen molar-refractivity contribution in [2.75, 3.05) is 19.5 Å². The molecule has 2 rings (SSSR count). The molecule has 1 heterocycles. The second-order valence-corrected chi connectivity index (χ2v) is 4.58. The number of hydrogen-bond acceptors (Lipinski definition) is 4. The molecule has 124 valence electrons. The van der Waals surface area contributed by atoms with Crippen LogP contribution in [-0.2, 0) is 13.2 Å². The zero-order valence-electron chi connectivity index (χ0n) is 12.6. The number of carbonyl (C=O) groups is 1. The van der Waals surface area contributed by atoms with Crippen molar-refractivity contribution >= 4 is 11.6 Å². The molecule has 1 N–H and O–H groups in total. The van der Waals surface area contributed by atoms with Crippen LogP contribution in [0.4, 0.5) is 18.9 Å². The fourth-order valence-electron chi connectivity index (χ4n) is 1.97. The van der Waals surface area contributed by atoms with E-state index in [-0.39, 0.29) is 11.4 Å². The van der Waals surface area contributed by atoms with Crippen molar-refractivity contribution in [1.82, 2.24) is 9.78 Å². The number of benzene rings is 1. The molecule has 1 aromatic carbocycles. The van der Waals surface area contributed by atoms with Crippen molar-refractivity contribution in [3.05, 3.63) is 35.7 Å². The van der Waals surface area contributed by atoms with Crippen molar-refractivity contribution in [1.29, 1.82) is 0 Å². The zero-order valence-corrected chi connectivity index (χ0v) is 12.6. The number of nitrogens with zero attached hydrogens (tertiary/aromatic N) is 2. The van der Waals surface area contributed by atoms with E-state index >= 15 is 0 Å². The van der Waals surface area contributed by atoms with Gasteiger partial charge in [-0.15, -0.1) is 0 Å². The van der Waals surface area contributed by atoms with E-state index in [4.69, 9.17) is 9.47 Å². The molecule has 6 nitrogen and oxygen atoms in total. The van der Waals surface area contributed by atoms with Gasteiger partial charge in [-0.1, -0.05) is 0 Å². The number of amides is 1. The maximum absolute atomic E-state index is 12.9. The maximum atomic E-state index is 12.9. The van der Waals surface area contributed by atoms with E-state index in [1.54, 1.807) is 6.07 Å². The van der Waals surface area contributed by atoms with E-state index in [2.05, 4.69) is 10.4 Å². The molecule has 0 bridgehead atoms. The predicted molar refractivity (Wildman–Crippen MR) is 75.7 cm³/mol. The third kappa shape index (κ3) is 3.55. The first-order chi connectivity index (χ1) is 10.8. The van der Waals surface area contributed by atoms with E-state index in [0.29, 0.717) is 5.75 Å². The largest absolute Gasteiger partial charge is 0.497 e. The highest BCUT2D eigenvalue weighted by Crippen LogP contribution is 2.33. The summed E-state index contributed by atoms with van der Waals surface area (Å²) in [7, 11) is 4.11. The SMILES string of the molecule is COc1ccc(OC)c(NC(=O)c2cn(C)nc2C(F)(F)F)c1. The number of nitrogens with one attached hydrogen (secondary N) is 1. The lowest BCUT2D eigenvalue weighted by atomic mass is 10.2. The van der Waals surface area contributed by atoms with E-state index in [1.165, 1.54) is 33.4 Å². The molecule has 1 aromatic heterocycles. The van der Waals surface area contributed by atoms with Crippen molar-refractivity contribution in [2.24, 2.45) is 7.05 Å². The van der Waals surface area contributed by atoms with Gasteiger partial charge < -0.3 is 14.8 Å². The summed E-state index contributed by atoms with van der Waals surface area (Å²) in [5.41, 5.74) is -1.64. The highest BCUT2D eigenvalue weighted by Gasteiger charge is 2.39. The second-order valence-electron chi connectivity index (χ2n) is 4.58. The molecule has 0 aliphatic heterocycles. The molecule has 0 spiro atoms. The molecule has 0 atom stereocenters. The summed E-state index contributed by atoms with van der Waals surface area (Å²) in [6.07, 6.45) is -3.72. The molecule has 0 saturated heterocycles. The van der Waals surface area contributed by atoms with Crippen LogP contribution < -0.4 is 14.8 Å². The predicted octanol–water partition coefficient (Wildman–Crippen LogP) is 2.71. The number of ether oxygens (including phenoxy) is 2. The van der Waals surface area contributed by atoms with Crippen LogP contribution in [0.3, 0.4) is 0 Å². The number of methoxy groups -OCH3 is 2. The lowest BCUT2D eigenvalue weighted by molar-refractivity contribution is -0.141. The van der Waals surface area contributed by atoms with E-state index in [1.807, 2.05) is 0 Å². The Kier molecular flexibility index (Phi) is 4.48. The molecule has 0 fully saturated rings. The van der Waals surface area contributed by atoms with Gasteiger partial charge in [0.2, 0.25) is 0 Å². The summed E-state index contributed by atoms with van der Waals surface area (Å²) in [6.45, 7) is 0. The summed E-state index contributed by atoms with van der Waals surface area (Å²) >= 11 is 0. The molecule has 0 saturated carbocycles. The van der Waals surface area contributed by atoms with Crippen molar-refractivity contribution in [3.63, 3.8) is 0 Å². The number of alkyl halides is 3. The van der Waals surface area contributed by atoms with Crippen molar-refractivity contribution < 1.29 is 27.4 Å². The van der Waals surface area contributed by atoms with Gasteiger partial charge >= 0.3 is 6.18 Å². The Morgan fingerprint density at radius 2 is 1.96 bits per heavy atom. The van der Waals surface area contributed by atoms with Gasteiger partial charge in [-0.3, -0.25) is 9.48 Å². The quantitative estimate of drug-likeness (QED) is 0.937. The first-order valence-electron chi connectivity index (χ1n) is 6.40. The van der Waals surface area contributed by atoms with Gasteiger partial charge in [-0.05, 0) is 12.1 Å². The molecule has 23 heavy (non-hydrogen) atoms. The normalized spacial score (nSPS) is 11.2. The number of rotatable bonds is 4. The van der Waals surface area contributed by atoms with Gasteiger partial charge in [0.1, 0.15) is 11.5 Å². The number of halogens is 3. The molecule has 0 radical (unpaired) electrons. The first kappa shape index (κ1) is 16.7. The number of anilines is 1. The van der Waals surface area contributed by atoms with Crippen LogP contribution in [-0.4, -0.2) is 29.9 Å². The monoisotopic (exact) mass is 329 g/mol. The van der Waals surface area contributed by atoms with E-state index in [0.717, 1.165) is 10.9 Å². The van der Waals surface area contributed by atoms with Gasteiger partial charge in [-0.25, -0.2) is 0 Å². The maximum Gasteiger partial charge on any atom is 0.435 e. The summed E-state index contributed by atoms with van der Waals surface area (Å²) < 4.78 is 49.8. The van der Waals surface area contributed by atoms with Crippen LogP contribution in [0.5, 0.6) is 11.5 Å². The zero-order chi connectivity index (χ0) is 17.2. The van der Waals surface area contributed by atoms with Crippen LogP contribution in [0.1, 0.15) is 16.1 Å². The number of aryl methyl sites for hydroxylation is 1. The number of carbonyl (C=O) groups excluding carboxylic acids is 1. The molecule has 0 aliphatic carbocycles. The summed E-state index contributed by atoms with van der Waals surface area (Å²) in [5, 5.41) is 5.68. The molecule has 0 unspecified atom stereocenters. The number of hydrogen-bond donors (Lipinski definition) is 1. The van der Waals surface area contributed by atoms with E-state index < -0.39 is 23.3 Å². The minimum Gasteiger partial charge on any atom is -0.497 e.